The van der Waals surface area contributed by atoms with E-state index in [-0.39, 0.29) is 24.1 Å². The lowest BCUT2D eigenvalue weighted by Gasteiger charge is -2.40. The minimum absolute atomic E-state index is 0.0214. The predicted molar refractivity (Wildman–Crippen MR) is 142 cm³/mol. The average molecular weight is 509 g/mol. The summed E-state index contributed by atoms with van der Waals surface area (Å²) in [5.41, 5.74) is 2.30. The average Bonchev–Trinajstić information content (AvgIpc) is 2.83. The fourth-order valence-corrected chi connectivity index (χ4v) is 5.49. The molecular weight excluding hydrogens is 476 g/mol. The van der Waals surface area contributed by atoms with Gasteiger partial charge in [-0.25, -0.2) is 4.98 Å². The molecule has 3 aromatic rings. The van der Waals surface area contributed by atoms with E-state index in [4.69, 9.17) is 21.3 Å². The number of carbonyl (C=O) groups excluding carboxylic acids is 1. The molecule has 0 radical (unpaired) electrons. The number of nitrogens with one attached hydrogen (secondary N) is 1. The lowest BCUT2D eigenvalue weighted by molar-refractivity contribution is -0.122. The monoisotopic (exact) mass is 508 g/mol. The normalized spacial score (nSPS) is 20.4. The first-order valence-electron chi connectivity index (χ1n) is 12.8. The van der Waals surface area contributed by atoms with Gasteiger partial charge in [-0.1, -0.05) is 29.8 Å². The van der Waals surface area contributed by atoms with Gasteiger partial charge in [0.25, 0.3) is 5.56 Å². The van der Waals surface area contributed by atoms with Gasteiger partial charge in [0.05, 0.1) is 24.1 Å². The Hall–Kier alpha value is -2.74. The number of ether oxygens (including phenoxy) is 1. The number of morpholine rings is 1. The van der Waals surface area contributed by atoms with Crippen LogP contribution in [0.5, 0.6) is 0 Å². The van der Waals surface area contributed by atoms with Crippen LogP contribution in [-0.4, -0.2) is 59.2 Å². The molecule has 1 saturated carbocycles. The summed E-state index contributed by atoms with van der Waals surface area (Å²) in [4.78, 5) is 33.7. The van der Waals surface area contributed by atoms with Crippen molar-refractivity contribution in [2.75, 3.05) is 32.8 Å². The Bertz CT molecular complexity index is 1310. The van der Waals surface area contributed by atoms with E-state index < -0.39 is 0 Å². The fourth-order valence-electron chi connectivity index (χ4n) is 5.30. The highest BCUT2D eigenvalue weighted by Crippen LogP contribution is 2.42. The standard InChI is InChI=1S/C28H33ClN4O3/c1-18(2)30-26(34)17-33-27(21-4-3-5-23(29)14-21)31-25-7-6-20(15-24(25)28(33)35)22-12-19(13-22)16-32-8-10-36-11-9-32/h3-7,14-15,18-19,22H,8-13,16-17H2,1-2H3,(H,30,34)/t19-,22+. The second-order valence-corrected chi connectivity index (χ2v) is 10.7. The van der Waals surface area contributed by atoms with E-state index in [2.05, 4.69) is 16.3 Å². The van der Waals surface area contributed by atoms with Gasteiger partial charge in [-0.3, -0.25) is 19.1 Å². The van der Waals surface area contributed by atoms with Crippen LogP contribution in [0.15, 0.2) is 47.3 Å². The highest BCUT2D eigenvalue weighted by atomic mass is 35.5. The van der Waals surface area contributed by atoms with Gasteiger partial charge < -0.3 is 10.1 Å². The molecule has 1 aromatic heterocycles. The first-order chi connectivity index (χ1) is 17.4. The number of aromatic nitrogens is 2. The summed E-state index contributed by atoms with van der Waals surface area (Å²) in [5, 5.41) is 3.97. The number of benzene rings is 2. The van der Waals surface area contributed by atoms with Crippen molar-refractivity contribution in [1.29, 1.82) is 0 Å². The third-order valence-electron chi connectivity index (χ3n) is 7.14. The molecule has 5 rings (SSSR count). The lowest BCUT2D eigenvalue weighted by Crippen LogP contribution is -2.42. The first kappa shape index (κ1) is 24.9. The van der Waals surface area contributed by atoms with E-state index in [1.165, 1.54) is 10.1 Å². The molecule has 0 unspecified atom stereocenters. The smallest absolute Gasteiger partial charge is 0.262 e. The van der Waals surface area contributed by atoms with Crippen molar-refractivity contribution in [2.45, 2.75) is 45.2 Å². The lowest BCUT2D eigenvalue weighted by atomic mass is 9.71. The maximum Gasteiger partial charge on any atom is 0.262 e. The number of halogens is 1. The molecule has 1 amide bonds. The van der Waals surface area contributed by atoms with Crippen molar-refractivity contribution in [1.82, 2.24) is 19.8 Å². The van der Waals surface area contributed by atoms with Crippen molar-refractivity contribution < 1.29 is 9.53 Å². The van der Waals surface area contributed by atoms with Crippen LogP contribution < -0.4 is 10.9 Å². The molecule has 0 bridgehead atoms. The molecule has 8 heteroatoms. The zero-order chi connectivity index (χ0) is 25.2. The van der Waals surface area contributed by atoms with Gasteiger partial charge in [-0.05, 0) is 68.4 Å². The molecule has 2 aliphatic rings. The number of fused-ring (bicyclic) bond motifs is 1. The molecule has 1 aliphatic heterocycles. The molecule has 7 nitrogen and oxygen atoms in total. The summed E-state index contributed by atoms with van der Waals surface area (Å²) in [6, 6.07) is 13.2. The molecule has 1 saturated heterocycles. The van der Waals surface area contributed by atoms with Crippen molar-refractivity contribution >= 4 is 28.4 Å². The van der Waals surface area contributed by atoms with Crippen LogP contribution in [0.4, 0.5) is 0 Å². The van der Waals surface area contributed by atoms with Gasteiger partial charge in [0.2, 0.25) is 5.91 Å². The Morgan fingerprint density at radius 1 is 1.17 bits per heavy atom. The number of rotatable bonds is 7. The Labute approximate surface area is 216 Å². The zero-order valence-corrected chi connectivity index (χ0v) is 21.6. The Morgan fingerprint density at radius 2 is 1.94 bits per heavy atom. The van der Waals surface area contributed by atoms with Crippen molar-refractivity contribution in [2.24, 2.45) is 5.92 Å². The van der Waals surface area contributed by atoms with Gasteiger partial charge in [0.15, 0.2) is 0 Å². The quantitative estimate of drug-likeness (QED) is 0.520. The number of hydrogen-bond acceptors (Lipinski definition) is 5. The van der Waals surface area contributed by atoms with E-state index in [0.29, 0.717) is 39.1 Å². The topological polar surface area (TPSA) is 76.5 Å². The van der Waals surface area contributed by atoms with E-state index >= 15 is 0 Å². The maximum absolute atomic E-state index is 13.7. The molecule has 0 spiro atoms. The number of hydrogen-bond donors (Lipinski definition) is 1. The molecule has 190 valence electrons. The maximum atomic E-state index is 13.7. The van der Waals surface area contributed by atoms with Crippen molar-refractivity contribution in [3.8, 4) is 11.4 Å². The van der Waals surface area contributed by atoms with Crippen LogP contribution >= 0.6 is 11.6 Å². The largest absolute Gasteiger partial charge is 0.379 e. The van der Waals surface area contributed by atoms with Crippen molar-refractivity contribution in [3.05, 3.63) is 63.4 Å². The molecule has 36 heavy (non-hydrogen) atoms. The zero-order valence-electron chi connectivity index (χ0n) is 20.9. The number of carbonyl (C=O) groups is 1. The summed E-state index contributed by atoms with van der Waals surface area (Å²) < 4.78 is 6.93. The fraction of sp³-hybridized carbons (Fsp3) is 0.464. The highest BCUT2D eigenvalue weighted by Gasteiger charge is 2.32. The third-order valence-corrected chi connectivity index (χ3v) is 7.37. The van der Waals surface area contributed by atoms with E-state index in [1.807, 2.05) is 38.1 Å². The second kappa shape index (κ2) is 10.7. The molecule has 2 heterocycles. The minimum atomic E-state index is -0.224. The summed E-state index contributed by atoms with van der Waals surface area (Å²) in [6.07, 6.45) is 2.25. The Kier molecular flexibility index (Phi) is 7.42. The summed E-state index contributed by atoms with van der Waals surface area (Å²) in [5.74, 6) is 1.35. The van der Waals surface area contributed by atoms with Crippen LogP contribution in [0.2, 0.25) is 5.02 Å². The molecule has 1 aliphatic carbocycles. The molecule has 1 N–H and O–H groups in total. The summed E-state index contributed by atoms with van der Waals surface area (Å²) in [7, 11) is 0. The predicted octanol–water partition coefficient (Wildman–Crippen LogP) is 4.07. The van der Waals surface area contributed by atoms with E-state index in [9.17, 15) is 9.59 Å². The van der Waals surface area contributed by atoms with Crippen molar-refractivity contribution in [3.63, 3.8) is 0 Å². The van der Waals surface area contributed by atoms with Gasteiger partial charge >= 0.3 is 0 Å². The van der Waals surface area contributed by atoms with Gasteiger partial charge in [0, 0.05) is 36.3 Å². The molecule has 2 fully saturated rings. The van der Waals surface area contributed by atoms with Crippen LogP contribution in [0.1, 0.15) is 38.2 Å². The van der Waals surface area contributed by atoms with Gasteiger partial charge in [0.1, 0.15) is 12.4 Å². The summed E-state index contributed by atoms with van der Waals surface area (Å²) in [6.45, 7) is 8.50. The molecule has 0 atom stereocenters. The van der Waals surface area contributed by atoms with Crippen LogP contribution in [0.3, 0.4) is 0 Å². The molecular formula is C28H33ClN4O3. The minimum Gasteiger partial charge on any atom is -0.379 e. The van der Waals surface area contributed by atoms with Gasteiger partial charge in [-0.15, -0.1) is 0 Å². The van der Waals surface area contributed by atoms with E-state index in [0.717, 1.165) is 45.7 Å². The number of nitrogens with zero attached hydrogens (tertiary/aromatic N) is 3. The summed E-state index contributed by atoms with van der Waals surface area (Å²) >= 11 is 6.23. The Balaban J connectivity index is 1.44. The highest BCUT2D eigenvalue weighted by molar-refractivity contribution is 6.30. The third kappa shape index (κ3) is 5.48. The molecule has 2 aromatic carbocycles. The SMILES string of the molecule is CC(C)NC(=O)Cn1c(-c2cccc(Cl)c2)nc2ccc([C@H]3C[C@@H](CN4CCOCC4)C3)cc2c1=O. The number of amides is 1. The first-order valence-corrected chi connectivity index (χ1v) is 13.1. The second-order valence-electron chi connectivity index (χ2n) is 10.3. The van der Waals surface area contributed by atoms with Crippen LogP contribution in [0, 0.1) is 5.92 Å². The van der Waals surface area contributed by atoms with Gasteiger partial charge in [-0.2, -0.15) is 0 Å². The van der Waals surface area contributed by atoms with E-state index in [1.54, 1.807) is 12.1 Å². The van der Waals surface area contributed by atoms with Crippen LogP contribution in [0.25, 0.3) is 22.3 Å². The van der Waals surface area contributed by atoms with Crippen LogP contribution in [-0.2, 0) is 16.1 Å². The Morgan fingerprint density at radius 3 is 2.67 bits per heavy atom.